The highest BCUT2D eigenvalue weighted by molar-refractivity contribution is 5.82. The van der Waals surface area contributed by atoms with Gasteiger partial charge in [-0.1, -0.05) is 6.07 Å². The highest BCUT2D eigenvalue weighted by Gasteiger charge is 2.31. The minimum Gasteiger partial charge on any atom is -0.492 e. The minimum absolute atomic E-state index is 0.0153. The molecule has 0 aliphatic carbocycles. The van der Waals surface area contributed by atoms with Gasteiger partial charge in [0.25, 0.3) is 0 Å². The Hall–Kier alpha value is -1.62. The van der Waals surface area contributed by atoms with Crippen molar-refractivity contribution in [1.29, 1.82) is 0 Å². The molecule has 122 valence electrons. The number of ether oxygens (including phenoxy) is 1. The number of benzene rings is 1. The molecular formula is C17H25FN2O2. The molecule has 1 aromatic carbocycles. The first-order valence-corrected chi connectivity index (χ1v) is 7.75. The van der Waals surface area contributed by atoms with Crippen molar-refractivity contribution in [3.63, 3.8) is 0 Å². The van der Waals surface area contributed by atoms with Gasteiger partial charge in [0.15, 0.2) is 0 Å². The highest BCUT2D eigenvalue weighted by atomic mass is 19.1. The minimum atomic E-state index is -0.657. The number of nitrogens with zero attached hydrogens (tertiary/aromatic N) is 1. The third-order valence-electron chi connectivity index (χ3n) is 4.06. The van der Waals surface area contributed by atoms with E-state index in [-0.39, 0.29) is 24.4 Å². The zero-order valence-electron chi connectivity index (χ0n) is 13.6. The summed E-state index contributed by atoms with van der Waals surface area (Å²) < 4.78 is 18.7. The van der Waals surface area contributed by atoms with Crippen LogP contribution in [-0.2, 0) is 4.79 Å². The number of carbonyl (C=O) groups excluding carboxylic acids is 1. The van der Waals surface area contributed by atoms with Crippen LogP contribution in [0.25, 0.3) is 0 Å². The molecule has 4 nitrogen and oxygen atoms in total. The van der Waals surface area contributed by atoms with Crippen molar-refractivity contribution in [2.24, 2.45) is 5.41 Å². The number of hydrogen-bond acceptors (Lipinski definition) is 3. The van der Waals surface area contributed by atoms with Gasteiger partial charge in [0, 0.05) is 12.1 Å². The molecule has 0 saturated carbocycles. The summed E-state index contributed by atoms with van der Waals surface area (Å²) in [5.74, 6) is 0.0877. The van der Waals surface area contributed by atoms with Crippen molar-refractivity contribution in [2.45, 2.75) is 32.7 Å². The Bertz CT molecular complexity index is 511. The van der Waals surface area contributed by atoms with Gasteiger partial charge in [-0.25, -0.2) is 4.39 Å². The smallest absolute Gasteiger partial charge is 0.229 e. The molecule has 0 unspecified atom stereocenters. The maximum Gasteiger partial charge on any atom is 0.229 e. The van der Waals surface area contributed by atoms with Crippen molar-refractivity contribution in [1.82, 2.24) is 10.2 Å². The fourth-order valence-electron chi connectivity index (χ4n) is 2.42. The number of nitrogens with one attached hydrogen (secondary N) is 1. The Morgan fingerprint density at radius 1 is 1.41 bits per heavy atom. The van der Waals surface area contributed by atoms with Gasteiger partial charge in [-0.2, -0.15) is 0 Å². The standard InChI is InChI=1S/C17H25FN2O2/c1-17(2,12-22-15-6-4-5-13(18)11-15)16(21)19-14-7-9-20(3)10-8-14/h4-6,11,14H,7-10,12H2,1-3H3,(H,19,21). The molecule has 0 radical (unpaired) electrons. The SMILES string of the molecule is CN1CCC(NC(=O)C(C)(C)COc2cccc(F)c2)CC1. The lowest BCUT2D eigenvalue weighted by Gasteiger charge is -2.32. The molecular weight excluding hydrogens is 283 g/mol. The molecule has 0 bridgehead atoms. The van der Waals surface area contributed by atoms with Gasteiger partial charge in [0.2, 0.25) is 5.91 Å². The van der Waals surface area contributed by atoms with Crippen LogP contribution in [0.15, 0.2) is 24.3 Å². The van der Waals surface area contributed by atoms with Crippen molar-refractivity contribution < 1.29 is 13.9 Å². The summed E-state index contributed by atoms with van der Waals surface area (Å²) in [6.45, 7) is 5.92. The predicted octanol–water partition coefficient (Wildman–Crippen LogP) is 2.44. The quantitative estimate of drug-likeness (QED) is 0.908. The molecule has 22 heavy (non-hydrogen) atoms. The Balaban J connectivity index is 1.84. The van der Waals surface area contributed by atoms with Gasteiger partial charge in [0.05, 0.1) is 5.41 Å². The normalized spacial score (nSPS) is 17.3. The van der Waals surface area contributed by atoms with E-state index in [4.69, 9.17) is 4.74 Å². The lowest BCUT2D eigenvalue weighted by atomic mass is 9.92. The summed E-state index contributed by atoms with van der Waals surface area (Å²) in [6.07, 6.45) is 1.95. The van der Waals surface area contributed by atoms with Crippen LogP contribution in [0.3, 0.4) is 0 Å². The van der Waals surface area contributed by atoms with Crippen LogP contribution in [0.2, 0.25) is 0 Å². The average Bonchev–Trinajstić information content (AvgIpc) is 2.48. The lowest BCUT2D eigenvalue weighted by Crippen LogP contribution is -2.49. The molecule has 1 aliphatic rings. The molecule has 1 aromatic rings. The zero-order chi connectivity index (χ0) is 16.2. The fraction of sp³-hybridized carbons (Fsp3) is 0.588. The van der Waals surface area contributed by atoms with Crippen LogP contribution < -0.4 is 10.1 Å². The molecule has 5 heteroatoms. The maximum atomic E-state index is 13.1. The molecule has 1 saturated heterocycles. The molecule has 1 amide bonds. The van der Waals surface area contributed by atoms with E-state index < -0.39 is 5.41 Å². The first-order valence-electron chi connectivity index (χ1n) is 7.75. The Labute approximate surface area is 131 Å². The monoisotopic (exact) mass is 308 g/mol. The topological polar surface area (TPSA) is 41.6 Å². The van der Waals surface area contributed by atoms with Gasteiger partial charge < -0.3 is 15.0 Å². The van der Waals surface area contributed by atoms with E-state index in [0.717, 1.165) is 25.9 Å². The fourth-order valence-corrected chi connectivity index (χ4v) is 2.42. The van der Waals surface area contributed by atoms with E-state index in [2.05, 4.69) is 17.3 Å². The number of rotatable bonds is 5. The van der Waals surface area contributed by atoms with E-state index in [1.807, 2.05) is 13.8 Å². The third kappa shape index (κ3) is 4.70. The van der Waals surface area contributed by atoms with E-state index in [1.54, 1.807) is 12.1 Å². The molecule has 0 spiro atoms. The summed E-state index contributed by atoms with van der Waals surface area (Å²) in [5.41, 5.74) is -0.657. The number of halogens is 1. The van der Waals surface area contributed by atoms with Crippen LogP contribution >= 0.6 is 0 Å². The van der Waals surface area contributed by atoms with Crippen LogP contribution in [0.5, 0.6) is 5.75 Å². The first-order chi connectivity index (χ1) is 10.4. The van der Waals surface area contributed by atoms with E-state index in [9.17, 15) is 9.18 Å². The van der Waals surface area contributed by atoms with Gasteiger partial charge in [-0.15, -0.1) is 0 Å². The van der Waals surface area contributed by atoms with Gasteiger partial charge in [0.1, 0.15) is 18.2 Å². The second kappa shape index (κ2) is 7.09. The van der Waals surface area contributed by atoms with Gasteiger partial charge >= 0.3 is 0 Å². The Morgan fingerprint density at radius 3 is 2.73 bits per heavy atom. The second-order valence-electron chi connectivity index (χ2n) is 6.68. The van der Waals surface area contributed by atoms with E-state index in [0.29, 0.717) is 5.75 Å². The highest BCUT2D eigenvalue weighted by Crippen LogP contribution is 2.21. The van der Waals surface area contributed by atoms with Crippen LogP contribution in [-0.4, -0.2) is 43.6 Å². The number of hydrogen-bond donors (Lipinski definition) is 1. The molecule has 1 aliphatic heterocycles. The molecule has 1 fully saturated rings. The largest absolute Gasteiger partial charge is 0.492 e. The predicted molar refractivity (Wildman–Crippen MR) is 84.3 cm³/mol. The van der Waals surface area contributed by atoms with Crippen LogP contribution in [0, 0.1) is 11.2 Å². The molecule has 0 atom stereocenters. The first kappa shape index (κ1) is 16.7. The number of amides is 1. The second-order valence-corrected chi connectivity index (χ2v) is 6.68. The summed E-state index contributed by atoms with van der Waals surface area (Å²) in [7, 11) is 2.09. The van der Waals surface area contributed by atoms with E-state index >= 15 is 0 Å². The van der Waals surface area contributed by atoms with Crippen molar-refractivity contribution >= 4 is 5.91 Å². The number of carbonyl (C=O) groups is 1. The molecule has 1 N–H and O–H groups in total. The van der Waals surface area contributed by atoms with Crippen LogP contribution in [0.1, 0.15) is 26.7 Å². The van der Waals surface area contributed by atoms with Crippen molar-refractivity contribution in [3.05, 3.63) is 30.1 Å². The molecule has 1 heterocycles. The van der Waals surface area contributed by atoms with Crippen LogP contribution in [0.4, 0.5) is 4.39 Å². The summed E-state index contributed by atoms with van der Waals surface area (Å²) in [4.78, 5) is 14.7. The number of likely N-dealkylation sites (tertiary alicyclic amines) is 1. The average molecular weight is 308 g/mol. The van der Waals surface area contributed by atoms with Crippen molar-refractivity contribution in [2.75, 3.05) is 26.7 Å². The van der Waals surface area contributed by atoms with E-state index in [1.165, 1.54) is 12.1 Å². The summed E-state index contributed by atoms with van der Waals surface area (Å²) in [6, 6.07) is 6.21. The number of piperidine rings is 1. The van der Waals surface area contributed by atoms with Gasteiger partial charge in [-0.3, -0.25) is 4.79 Å². The lowest BCUT2D eigenvalue weighted by molar-refractivity contribution is -0.131. The Kier molecular flexibility index (Phi) is 5.40. The summed E-state index contributed by atoms with van der Waals surface area (Å²) >= 11 is 0. The molecule has 2 rings (SSSR count). The van der Waals surface area contributed by atoms with Crippen molar-refractivity contribution in [3.8, 4) is 5.75 Å². The maximum absolute atomic E-state index is 13.1. The van der Waals surface area contributed by atoms with Gasteiger partial charge in [-0.05, 0) is 59.0 Å². The molecule has 0 aromatic heterocycles. The summed E-state index contributed by atoms with van der Waals surface area (Å²) in [5, 5.41) is 3.11. The third-order valence-corrected chi connectivity index (χ3v) is 4.06. The zero-order valence-corrected chi connectivity index (χ0v) is 13.6. The Morgan fingerprint density at radius 2 is 2.09 bits per heavy atom.